The molecule has 2 aromatic rings. The highest BCUT2D eigenvalue weighted by Gasteiger charge is 2.53. The number of ether oxygens (including phenoxy) is 4. The first kappa shape index (κ1) is 45.7. The maximum atomic E-state index is 14.6. The smallest absolute Gasteiger partial charge is 0.410 e. The lowest BCUT2D eigenvalue weighted by molar-refractivity contribution is -0.145. The maximum absolute atomic E-state index is 14.6. The summed E-state index contributed by atoms with van der Waals surface area (Å²) in [6.45, 7) is 15.8. The number of β-amino-alcohol motifs (C(OH)–C–C–N with tert-alkyl or cyclic N) is 1. The number of thiazole rings is 1. The van der Waals surface area contributed by atoms with E-state index in [4.69, 9.17) is 18.9 Å². The molecule has 0 bridgehead atoms. The molecule has 0 radical (unpaired) electrons. The van der Waals surface area contributed by atoms with Gasteiger partial charge in [0.15, 0.2) is 5.67 Å². The van der Waals surface area contributed by atoms with Gasteiger partial charge in [-0.25, -0.2) is 14.2 Å². The Hall–Kier alpha value is -3.86. The van der Waals surface area contributed by atoms with Crippen LogP contribution in [0.2, 0.25) is 0 Å². The van der Waals surface area contributed by atoms with Gasteiger partial charge in [0.1, 0.15) is 23.4 Å². The number of nitrogens with zero attached hydrogens (tertiary/aromatic N) is 3. The van der Waals surface area contributed by atoms with Gasteiger partial charge in [-0.05, 0) is 95.1 Å². The van der Waals surface area contributed by atoms with Crippen LogP contribution in [0.1, 0.15) is 97.7 Å². The summed E-state index contributed by atoms with van der Waals surface area (Å²) in [5, 5.41) is 16.2. The average molecular weight is 858 g/mol. The largest absolute Gasteiger partial charge is 0.493 e. The number of benzene rings is 1. The van der Waals surface area contributed by atoms with Crippen LogP contribution >= 0.6 is 11.3 Å². The molecule has 2 aliphatic carbocycles. The quantitative estimate of drug-likeness (QED) is 0.219. The highest BCUT2D eigenvalue weighted by molar-refractivity contribution is 7.13. The Bertz CT molecular complexity index is 1830. The molecule has 4 amide bonds. The van der Waals surface area contributed by atoms with Gasteiger partial charge >= 0.3 is 6.09 Å². The van der Waals surface area contributed by atoms with Crippen molar-refractivity contribution < 1.29 is 47.6 Å². The Morgan fingerprint density at radius 3 is 2.37 bits per heavy atom. The third kappa shape index (κ3) is 11.9. The predicted octanol–water partition coefficient (Wildman–Crippen LogP) is 5.57. The number of carbonyl (C=O) groups excluding carboxylic acids is 4. The first-order valence-corrected chi connectivity index (χ1v) is 22.3. The minimum absolute atomic E-state index is 0.0388. The van der Waals surface area contributed by atoms with Gasteiger partial charge < -0.3 is 44.5 Å². The van der Waals surface area contributed by atoms with E-state index in [2.05, 4.69) is 15.6 Å². The molecule has 4 atom stereocenters. The van der Waals surface area contributed by atoms with Crippen LogP contribution < -0.4 is 15.4 Å². The molecule has 1 aromatic heterocycles. The number of nitrogens with one attached hydrogen (secondary N) is 2. The van der Waals surface area contributed by atoms with E-state index < -0.39 is 52.6 Å². The molecule has 332 valence electrons. The molecular formula is C44H64FN5O9S. The third-order valence-electron chi connectivity index (χ3n) is 11.8. The van der Waals surface area contributed by atoms with Gasteiger partial charge in [0, 0.05) is 38.2 Å². The minimum atomic E-state index is -1.96. The number of morpholine rings is 1. The lowest BCUT2D eigenvalue weighted by Crippen LogP contribution is -2.59. The molecule has 4 fully saturated rings. The molecule has 3 heterocycles. The zero-order valence-corrected chi connectivity index (χ0v) is 37.0. The number of aryl methyl sites for hydroxylation is 1. The first-order valence-electron chi connectivity index (χ1n) is 21.4. The van der Waals surface area contributed by atoms with Crippen molar-refractivity contribution in [1.82, 2.24) is 25.4 Å². The first-order chi connectivity index (χ1) is 28.3. The van der Waals surface area contributed by atoms with Crippen LogP contribution in [0, 0.1) is 24.2 Å². The van der Waals surface area contributed by atoms with E-state index >= 15 is 0 Å². The number of rotatable bonds is 14. The molecule has 0 unspecified atom stereocenters. The van der Waals surface area contributed by atoms with Crippen LogP contribution in [-0.4, -0.2) is 125 Å². The number of alkyl halides is 1. The van der Waals surface area contributed by atoms with Crippen LogP contribution in [0.25, 0.3) is 10.4 Å². The van der Waals surface area contributed by atoms with Gasteiger partial charge in [-0.2, -0.15) is 0 Å². The highest BCUT2D eigenvalue weighted by Crippen LogP contribution is 2.41. The molecule has 4 aliphatic rings. The van der Waals surface area contributed by atoms with Crippen LogP contribution in [0.15, 0.2) is 23.7 Å². The Morgan fingerprint density at radius 1 is 1.03 bits per heavy atom. The number of aliphatic hydroxyl groups is 1. The fraction of sp³-hybridized carbons (Fsp3) is 0.705. The predicted molar refractivity (Wildman–Crippen MR) is 224 cm³/mol. The van der Waals surface area contributed by atoms with E-state index in [0.717, 1.165) is 47.4 Å². The fourth-order valence-electron chi connectivity index (χ4n) is 8.02. The zero-order valence-electron chi connectivity index (χ0n) is 36.2. The second kappa shape index (κ2) is 19.0. The summed E-state index contributed by atoms with van der Waals surface area (Å²) in [7, 11) is 0. The Labute approximate surface area is 357 Å². The molecule has 6 rings (SSSR count). The second-order valence-corrected chi connectivity index (χ2v) is 20.0. The normalized spacial score (nSPS) is 24.7. The molecule has 3 N–H and O–H groups in total. The van der Waals surface area contributed by atoms with Gasteiger partial charge in [0.05, 0.1) is 54.7 Å². The molecule has 16 heteroatoms. The van der Waals surface area contributed by atoms with E-state index in [0.29, 0.717) is 57.1 Å². The van der Waals surface area contributed by atoms with Gasteiger partial charge in [-0.15, -0.1) is 11.3 Å². The zero-order chi connectivity index (χ0) is 43.4. The third-order valence-corrected chi connectivity index (χ3v) is 12.7. The van der Waals surface area contributed by atoms with Crippen LogP contribution in [0.4, 0.5) is 9.18 Å². The van der Waals surface area contributed by atoms with Crippen molar-refractivity contribution >= 4 is 35.2 Å². The number of amides is 4. The van der Waals surface area contributed by atoms with Crippen molar-refractivity contribution in [2.24, 2.45) is 17.3 Å². The molecule has 2 aliphatic heterocycles. The summed E-state index contributed by atoms with van der Waals surface area (Å²) in [6, 6.07) is 3.85. The van der Waals surface area contributed by atoms with Crippen molar-refractivity contribution in [3.8, 4) is 16.2 Å². The molecule has 2 saturated heterocycles. The van der Waals surface area contributed by atoms with Crippen molar-refractivity contribution in [2.75, 3.05) is 46.1 Å². The van der Waals surface area contributed by atoms with Gasteiger partial charge in [-0.1, -0.05) is 32.9 Å². The SMILES string of the molecule is Cc1ncsc1-c1ccc(CNC(=O)[C@@H]2C[C@@H](O)CN2C(=O)[C@@H](NC(=O)C2(F)CC2)C(C)(C)C)c(OCC2CCC(COC[C@H]3CN(C(=O)OC(C)(C)C)CCO3)CC2)c1. The molecule has 60 heavy (non-hydrogen) atoms. The molecule has 2 saturated carbocycles. The molecular weight excluding hydrogens is 794 g/mol. The van der Waals surface area contributed by atoms with E-state index in [-0.39, 0.29) is 44.5 Å². The number of aliphatic hydroxyl groups excluding tert-OH is 1. The fourth-order valence-corrected chi connectivity index (χ4v) is 8.83. The van der Waals surface area contributed by atoms with Crippen LogP contribution in [-0.2, 0) is 35.1 Å². The molecule has 14 nitrogen and oxygen atoms in total. The van der Waals surface area contributed by atoms with E-state index in [9.17, 15) is 28.7 Å². The van der Waals surface area contributed by atoms with E-state index in [1.807, 2.05) is 51.4 Å². The summed E-state index contributed by atoms with van der Waals surface area (Å²) in [6.07, 6.45) is 2.79. The van der Waals surface area contributed by atoms with Crippen molar-refractivity contribution in [1.29, 1.82) is 0 Å². The average Bonchev–Trinajstić information content (AvgIpc) is 3.60. The van der Waals surface area contributed by atoms with Crippen LogP contribution in [0.3, 0.4) is 0 Å². The lowest BCUT2D eigenvalue weighted by atomic mass is 9.83. The number of aromatic nitrogens is 1. The number of halogens is 1. The summed E-state index contributed by atoms with van der Waals surface area (Å²) in [4.78, 5) is 61.4. The summed E-state index contributed by atoms with van der Waals surface area (Å²) in [5.41, 5.74) is 1.16. The second-order valence-electron chi connectivity index (χ2n) is 19.1. The van der Waals surface area contributed by atoms with Gasteiger partial charge in [0.2, 0.25) is 11.8 Å². The minimum Gasteiger partial charge on any atom is -0.493 e. The molecule has 1 aromatic carbocycles. The van der Waals surface area contributed by atoms with Crippen molar-refractivity contribution in [3.05, 3.63) is 35.0 Å². The summed E-state index contributed by atoms with van der Waals surface area (Å²) in [5.74, 6) is -0.384. The van der Waals surface area contributed by atoms with Gasteiger partial charge in [-0.3, -0.25) is 14.4 Å². The number of carbonyl (C=O) groups is 4. The summed E-state index contributed by atoms with van der Waals surface area (Å²) < 4.78 is 38.7. The number of hydrogen-bond acceptors (Lipinski definition) is 11. The Morgan fingerprint density at radius 2 is 1.73 bits per heavy atom. The Kier molecular flexibility index (Phi) is 14.5. The van der Waals surface area contributed by atoms with Gasteiger partial charge in [0.25, 0.3) is 5.91 Å². The Balaban J connectivity index is 1.03. The maximum Gasteiger partial charge on any atom is 0.410 e. The number of hydrogen-bond donors (Lipinski definition) is 3. The highest BCUT2D eigenvalue weighted by atomic mass is 32.1. The van der Waals surface area contributed by atoms with E-state index in [1.165, 1.54) is 4.90 Å². The topological polar surface area (TPSA) is 169 Å². The standard InChI is InChI=1S/C44H64FN5O9S/c1-27-36(60-26-47-27)30-12-13-31(20-46-38(52)34-19-32(51)21-50(34)39(53)37(42(2,3)4)48-40(54)44(45)14-15-44)35(18-30)58-24-29-10-8-28(9-11-29)23-56-25-33-22-49(16-17-57-33)41(55)59-43(5,6)7/h12-13,18,26,28-29,32-34,37,51H,8-11,14-17,19-25H2,1-7H3,(H,46,52)(H,48,54)/t28?,29?,32-,33-,34+,37-/m1/s1. The molecule has 0 spiro atoms. The van der Waals surface area contributed by atoms with Crippen molar-refractivity contribution in [2.45, 2.75) is 136 Å². The van der Waals surface area contributed by atoms with Crippen LogP contribution in [0.5, 0.6) is 5.75 Å². The lowest BCUT2D eigenvalue weighted by Gasteiger charge is -2.35. The van der Waals surface area contributed by atoms with E-state index in [1.54, 1.807) is 37.0 Å². The monoisotopic (exact) mass is 857 g/mol. The van der Waals surface area contributed by atoms with Crippen molar-refractivity contribution in [3.63, 3.8) is 0 Å². The summed E-state index contributed by atoms with van der Waals surface area (Å²) >= 11 is 1.55. The number of likely N-dealkylation sites (tertiary alicyclic amines) is 1.